The molecule has 3 aromatic rings. The van der Waals surface area contributed by atoms with Crippen molar-refractivity contribution in [3.05, 3.63) is 71.3 Å². The van der Waals surface area contributed by atoms with Gasteiger partial charge in [0.2, 0.25) is 5.88 Å². The molecule has 0 bridgehead atoms. The van der Waals surface area contributed by atoms with Crippen LogP contribution in [0.3, 0.4) is 0 Å². The lowest BCUT2D eigenvalue weighted by molar-refractivity contribution is 0.413. The van der Waals surface area contributed by atoms with Crippen molar-refractivity contribution in [1.82, 2.24) is 20.1 Å². The molecule has 2 heterocycles. The van der Waals surface area contributed by atoms with Gasteiger partial charge in [-0.05, 0) is 62.1 Å². The second kappa shape index (κ2) is 7.25. The summed E-state index contributed by atoms with van der Waals surface area (Å²) < 4.78 is 14.8. The Kier molecular flexibility index (Phi) is 4.67. The highest BCUT2D eigenvalue weighted by atomic mass is 19.1. The fourth-order valence-electron chi connectivity index (χ4n) is 3.48. The second-order valence-corrected chi connectivity index (χ2v) is 6.62. The minimum atomic E-state index is -0.198. The number of rotatable bonds is 5. The van der Waals surface area contributed by atoms with Crippen molar-refractivity contribution < 1.29 is 9.50 Å². The molecule has 5 nitrogen and oxygen atoms in total. The third kappa shape index (κ3) is 3.46. The smallest absolute Gasteiger partial charge is 0.219 e. The van der Waals surface area contributed by atoms with Crippen LogP contribution in [-0.4, -0.2) is 32.5 Å². The molecular weight excluding hydrogens is 331 g/mol. The van der Waals surface area contributed by atoms with Gasteiger partial charge in [-0.3, -0.25) is 0 Å². The van der Waals surface area contributed by atoms with Crippen LogP contribution in [0.4, 0.5) is 4.39 Å². The molecule has 0 spiro atoms. The number of hydrogen-bond acceptors (Lipinski definition) is 4. The molecule has 1 aliphatic rings. The van der Waals surface area contributed by atoms with E-state index in [-0.39, 0.29) is 17.7 Å². The first kappa shape index (κ1) is 16.7. The summed E-state index contributed by atoms with van der Waals surface area (Å²) >= 11 is 0. The van der Waals surface area contributed by atoms with Crippen molar-refractivity contribution in [2.75, 3.05) is 6.54 Å². The van der Waals surface area contributed by atoms with Crippen LogP contribution in [0.1, 0.15) is 23.2 Å². The maximum absolute atomic E-state index is 13.2. The first-order valence-corrected chi connectivity index (χ1v) is 8.89. The maximum Gasteiger partial charge on any atom is 0.219 e. The predicted molar refractivity (Wildman–Crippen MR) is 96.9 cm³/mol. The van der Waals surface area contributed by atoms with Gasteiger partial charge in [0.25, 0.3) is 0 Å². The number of pyridine rings is 1. The molecule has 1 unspecified atom stereocenters. The molecule has 134 valence electrons. The number of fused-ring (bicyclic) bond motifs is 1. The SMILES string of the molecule is Oc1c2c(nn1-c1ccccn1)CCC(NCCc1cccc(F)c1)C2. The van der Waals surface area contributed by atoms with Gasteiger partial charge in [-0.2, -0.15) is 9.78 Å². The van der Waals surface area contributed by atoms with Gasteiger partial charge in [-0.1, -0.05) is 18.2 Å². The van der Waals surface area contributed by atoms with Crippen molar-refractivity contribution in [1.29, 1.82) is 0 Å². The summed E-state index contributed by atoms with van der Waals surface area (Å²) in [6.45, 7) is 0.776. The lowest BCUT2D eigenvalue weighted by Gasteiger charge is -2.22. The molecule has 2 aromatic heterocycles. The summed E-state index contributed by atoms with van der Waals surface area (Å²) in [5.41, 5.74) is 2.82. The quantitative estimate of drug-likeness (QED) is 0.741. The fourth-order valence-corrected chi connectivity index (χ4v) is 3.48. The molecule has 0 radical (unpaired) electrons. The topological polar surface area (TPSA) is 63.0 Å². The average molecular weight is 352 g/mol. The number of nitrogens with one attached hydrogen (secondary N) is 1. The fraction of sp³-hybridized carbons (Fsp3) is 0.300. The highest BCUT2D eigenvalue weighted by Crippen LogP contribution is 2.30. The number of aryl methyl sites for hydroxylation is 1. The van der Waals surface area contributed by atoms with Crippen LogP contribution in [0.5, 0.6) is 5.88 Å². The van der Waals surface area contributed by atoms with E-state index in [4.69, 9.17) is 0 Å². The molecule has 2 N–H and O–H groups in total. The molecule has 0 aliphatic heterocycles. The minimum absolute atomic E-state index is 0.176. The molecule has 0 saturated carbocycles. The number of nitrogens with zero attached hydrogens (tertiary/aromatic N) is 3. The van der Waals surface area contributed by atoms with Crippen LogP contribution in [0.15, 0.2) is 48.7 Å². The van der Waals surface area contributed by atoms with E-state index < -0.39 is 0 Å². The van der Waals surface area contributed by atoms with Crippen LogP contribution >= 0.6 is 0 Å². The average Bonchev–Trinajstić information content (AvgIpc) is 2.99. The van der Waals surface area contributed by atoms with Crippen LogP contribution in [0.2, 0.25) is 0 Å². The molecule has 26 heavy (non-hydrogen) atoms. The zero-order chi connectivity index (χ0) is 17.9. The van der Waals surface area contributed by atoms with Gasteiger partial charge in [-0.15, -0.1) is 0 Å². The van der Waals surface area contributed by atoms with Crippen LogP contribution < -0.4 is 5.32 Å². The van der Waals surface area contributed by atoms with E-state index in [0.717, 1.165) is 49.0 Å². The van der Waals surface area contributed by atoms with Gasteiger partial charge in [0.05, 0.1) is 5.69 Å². The highest BCUT2D eigenvalue weighted by Gasteiger charge is 2.26. The Morgan fingerprint density at radius 2 is 2.15 bits per heavy atom. The van der Waals surface area contributed by atoms with Gasteiger partial charge in [0, 0.05) is 17.8 Å². The molecule has 1 atom stereocenters. The van der Waals surface area contributed by atoms with Gasteiger partial charge in [-0.25, -0.2) is 9.37 Å². The third-order valence-electron chi connectivity index (χ3n) is 4.82. The van der Waals surface area contributed by atoms with Crippen molar-refractivity contribution in [2.24, 2.45) is 0 Å². The van der Waals surface area contributed by atoms with E-state index in [0.29, 0.717) is 5.82 Å². The Balaban J connectivity index is 1.41. The minimum Gasteiger partial charge on any atom is -0.493 e. The largest absolute Gasteiger partial charge is 0.493 e. The number of hydrogen-bond donors (Lipinski definition) is 2. The van der Waals surface area contributed by atoms with Crippen LogP contribution in [0, 0.1) is 5.82 Å². The van der Waals surface area contributed by atoms with Crippen LogP contribution in [-0.2, 0) is 19.3 Å². The summed E-state index contributed by atoms with van der Waals surface area (Å²) in [4.78, 5) is 4.26. The highest BCUT2D eigenvalue weighted by molar-refractivity contribution is 5.39. The van der Waals surface area contributed by atoms with E-state index in [1.54, 1.807) is 18.3 Å². The summed E-state index contributed by atoms with van der Waals surface area (Å²) in [6, 6.07) is 12.5. The summed E-state index contributed by atoms with van der Waals surface area (Å²) in [7, 11) is 0. The Morgan fingerprint density at radius 3 is 2.96 bits per heavy atom. The Hall–Kier alpha value is -2.73. The zero-order valence-corrected chi connectivity index (χ0v) is 14.4. The van der Waals surface area contributed by atoms with E-state index >= 15 is 0 Å². The molecule has 1 aliphatic carbocycles. The van der Waals surface area contributed by atoms with Gasteiger partial charge in [0.1, 0.15) is 5.82 Å². The van der Waals surface area contributed by atoms with E-state index in [1.165, 1.54) is 10.7 Å². The lowest BCUT2D eigenvalue weighted by Crippen LogP contribution is -2.35. The molecule has 4 rings (SSSR count). The first-order valence-electron chi connectivity index (χ1n) is 8.89. The number of halogens is 1. The van der Waals surface area contributed by atoms with E-state index in [1.807, 2.05) is 24.3 Å². The number of aromatic hydroxyl groups is 1. The van der Waals surface area contributed by atoms with Crippen molar-refractivity contribution in [3.8, 4) is 11.7 Å². The molecule has 1 aromatic carbocycles. The van der Waals surface area contributed by atoms with E-state index in [2.05, 4.69) is 15.4 Å². The zero-order valence-electron chi connectivity index (χ0n) is 14.4. The standard InChI is InChI=1S/C20H21FN4O/c21-15-5-3-4-14(12-15)9-11-22-16-7-8-18-17(13-16)20(26)25(24-18)19-6-1-2-10-23-19/h1-6,10,12,16,22,26H,7-9,11,13H2. The predicted octanol–water partition coefficient (Wildman–Crippen LogP) is 2.80. The second-order valence-electron chi connectivity index (χ2n) is 6.62. The van der Waals surface area contributed by atoms with Gasteiger partial charge < -0.3 is 10.4 Å². The number of benzene rings is 1. The molecule has 0 fully saturated rings. The molecule has 6 heteroatoms. The lowest BCUT2D eigenvalue weighted by atomic mass is 9.93. The summed E-state index contributed by atoms with van der Waals surface area (Å²) in [6.07, 6.45) is 4.98. The van der Waals surface area contributed by atoms with Crippen molar-refractivity contribution >= 4 is 0 Å². The van der Waals surface area contributed by atoms with Gasteiger partial charge >= 0.3 is 0 Å². The summed E-state index contributed by atoms with van der Waals surface area (Å²) in [5, 5.41) is 18.6. The Morgan fingerprint density at radius 1 is 1.23 bits per heavy atom. The van der Waals surface area contributed by atoms with E-state index in [9.17, 15) is 9.50 Å². The van der Waals surface area contributed by atoms with Crippen molar-refractivity contribution in [2.45, 2.75) is 31.7 Å². The third-order valence-corrected chi connectivity index (χ3v) is 4.82. The molecule has 0 amide bonds. The normalized spacial score (nSPS) is 16.4. The number of aromatic nitrogens is 3. The monoisotopic (exact) mass is 352 g/mol. The maximum atomic E-state index is 13.2. The van der Waals surface area contributed by atoms with Crippen LogP contribution in [0.25, 0.3) is 5.82 Å². The molecular formula is C20H21FN4O. The Bertz CT molecular complexity index is 894. The van der Waals surface area contributed by atoms with Crippen molar-refractivity contribution in [3.63, 3.8) is 0 Å². The first-order chi connectivity index (χ1) is 12.7. The summed E-state index contributed by atoms with van der Waals surface area (Å²) in [5.74, 6) is 0.599. The molecule has 0 saturated heterocycles. The van der Waals surface area contributed by atoms with Gasteiger partial charge in [0.15, 0.2) is 5.82 Å². The Labute approximate surface area is 151 Å².